The van der Waals surface area contributed by atoms with E-state index in [1.807, 2.05) is 6.92 Å². The van der Waals surface area contributed by atoms with Crippen molar-refractivity contribution in [3.8, 4) is 6.07 Å². The zero-order chi connectivity index (χ0) is 9.14. The summed E-state index contributed by atoms with van der Waals surface area (Å²) in [7, 11) is 0. The first-order valence-corrected chi connectivity index (χ1v) is 3.88. The Balaban J connectivity index is 2.52. The molecule has 1 aliphatic rings. The fourth-order valence-electron chi connectivity index (χ4n) is 1.20. The van der Waals surface area contributed by atoms with Crippen LogP contribution in [0.4, 0.5) is 0 Å². The molecular weight excluding hydrogens is 158 g/mol. The van der Waals surface area contributed by atoms with Gasteiger partial charge in [-0.05, 0) is 12.3 Å². The van der Waals surface area contributed by atoms with Crippen LogP contribution in [0, 0.1) is 17.2 Å². The van der Waals surface area contributed by atoms with Gasteiger partial charge in [-0.2, -0.15) is 5.26 Å². The third kappa shape index (κ3) is 1.81. The number of hydrogen-bond acceptors (Lipinski definition) is 4. The second kappa shape index (κ2) is 3.65. The number of nitrogens with zero attached hydrogens (tertiary/aromatic N) is 1. The molecule has 1 saturated heterocycles. The van der Waals surface area contributed by atoms with Crippen molar-refractivity contribution in [3.05, 3.63) is 0 Å². The number of ketones is 1. The van der Waals surface area contributed by atoms with Crippen LogP contribution in [0.25, 0.3) is 0 Å². The van der Waals surface area contributed by atoms with Crippen molar-refractivity contribution in [1.29, 1.82) is 5.26 Å². The van der Waals surface area contributed by atoms with Crippen LogP contribution >= 0.6 is 0 Å². The Morgan fingerprint density at radius 2 is 2.42 bits per heavy atom. The quantitative estimate of drug-likeness (QED) is 0.555. The Labute approximate surface area is 70.7 Å². The van der Waals surface area contributed by atoms with Gasteiger partial charge in [0.2, 0.25) is 0 Å². The van der Waals surface area contributed by atoms with E-state index in [1.54, 1.807) is 0 Å². The van der Waals surface area contributed by atoms with E-state index in [1.165, 1.54) is 6.07 Å². The van der Waals surface area contributed by atoms with Crippen molar-refractivity contribution in [2.45, 2.75) is 25.6 Å². The van der Waals surface area contributed by atoms with Crippen LogP contribution in [-0.4, -0.2) is 29.7 Å². The molecule has 1 heterocycles. The molecule has 0 aromatic carbocycles. The lowest BCUT2D eigenvalue weighted by molar-refractivity contribution is -0.137. The summed E-state index contributed by atoms with van der Waals surface area (Å²) in [6, 6.07) is 1.52. The van der Waals surface area contributed by atoms with Crippen molar-refractivity contribution in [2.24, 2.45) is 5.92 Å². The monoisotopic (exact) mass is 169 g/mol. The predicted molar refractivity (Wildman–Crippen MR) is 40.1 cm³/mol. The van der Waals surface area contributed by atoms with Gasteiger partial charge in [-0.3, -0.25) is 4.79 Å². The average Bonchev–Trinajstić information content (AvgIpc) is 2.08. The lowest BCUT2D eigenvalue weighted by atomic mass is 9.93. The summed E-state index contributed by atoms with van der Waals surface area (Å²) < 4.78 is 4.99. The van der Waals surface area contributed by atoms with E-state index in [0.29, 0.717) is 6.42 Å². The molecule has 1 N–H and O–H groups in total. The highest BCUT2D eigenvalue weighted by Crippen LogP contribution is 2.20. The number of aliphatic hydroxyl groups excluding tert-OH is 1. The molecule has 66 valence electrons. The minimum Gasteiger partial charge on any atom is -0.390 e. The van der Waals surface area contributed by atoms with Crippen LogP contribution in [-0.2, 0) is 9.53 Å². The number of Topliss-reactive ketones (excluding diaryl/α,β-unsaturated/α-hetero) is 1. The smallest absolute Gasteiger partial charge is 0.260 e. The highest BCUT2D eigenvalue weighted by molar-refractivity contribution is 5.97. The largest absolute Gasteiger partial charge is 0.390 e. The Morgan fingerprint density at radius 3 is 2.92 bits per heavy atom. The van der Waals surface area contributed by atoms with Crippen LogP contribution in [0.5, 0.6) is 0 Å². The fourth-order valence-corrected chi connectivity index (χ4v) is 1.20. The van der Waals surface area contributed by atoms with Gasteiger partial charge in [0.15, 0.2) is 0 Å². The summed E-state index contributed by atoms with van der Waals surface area (Å²) in [5.74, 6) is -0.519. The summed E-state index contributed by atoms with van der Waals surface area (Å²) in [6.07, 6.45) is -0.700. The number of carbonyl (C=O) groups is 1. The fraction of sp³-hybridized carbons (Fsp3) is 0.750. The number of hydrogen-bond donors (Lipinski definition) is 1. The Bertz CT molecular complexity index is 221. The van der Waals surface area contributed by atoms with Gasteiger partial charge in [0.05, 0.1) is 12.7 Å². The van der Waals surface area contributed by atoms with Crippen LogP contribution in [0.1, 0.15) is 13.3 Å². The summed E-state index contributed by atoms with van der Waals surface area (Å²) in [5.41, 5.74) is 0. The molecule has 12 heavy (non-hydrogen) atoms. The van der Waals surface area contributed by atoms with E-state index in [-0.39, 0.29) is 12.5 Å². The van der Waals surface area contributed by atoms with E-state index in [0.717, 1.165) is 0 Å². The Kier molecular flexibility index (Phi) is 2.79. The molecule has 0 saturated carbocycles. The van der Waals surface area contributed by atoms with Crippen LogP contribution in [0.15, 0.2) is 0 Å². The predicted octanol–water partition coefficient (Wildman–Crippen LogP) is -0.135. The molecule has 3 unspecified atom stereocenters. The Morgan fingerprint density at radius 1 is 1.75 bits per heavy atom. The van der Waals surface area contributed by atoms with Gasteiger partial charge in [-0.25, -0.2) is 0 Å². The number of rotatable bonds is 1. The highest BCUT2D eigenvalue weighted by Gasteiger charge is 2.30. The molecule has 0 spiro atoms. The van der Waals surface area contributed by atoms with E-state index < -0.39 is 18.0 Å². The summed E-state index contributed by atoms with van der Waals surface area (Å²) in [4.78, 5) is 10.9. The third-order valence-corrected chi connectivity index (χ3v) is 2.11. The van der Waals surface area contributed by atoms with Crippen molar-refractivity contribution in [2.75, 3.05) is 6.61 Å². The molecule has 0 bridgehead atoms. The van der Waals surface area contributed by atoms with Gasteiger partial charge in [-0.1, -0.05) is 6.92 Å². The number of aliphatic hydroxyl groups is 1. The second-order valence-electron chi connectivity index (χ2n) is 3.08. The third-order valence-electron chi connectivity index (χ3n) is 2.11. The van der Waals surface area contributed by atoms with Gasteiger partial charge in [0.1, 0.15) is 12.2 Å². The second-order valence-corrected chi connectivity index (χ2v) is 3.08. The summed E-state index contributed by atoms with van der Waals surface area (Å²) in [6.45, 7) is 1.99. The highest BCUT2D eigenvalue weighted by atomic mass is 16.5. The molecule has 4 nitrogen and oxygen atoms in total. The van der Waals surface area contributed by atoms with Crippen LogP contribution in [0.3, 0.4) is 0 Å². The molecule has 0 aromatic heterocycles. The number of ether oxygens (including phenoxy) is 1. The summed E-state index contributed by atoms with van der Waals surface area (Å²) in [5, 5.41) is 17.5. The maximum atomic E-state index is 10.9. The average molecular weight is 169 g/mol. The van der Waals surface area contributed by atoms with Crippen molar-refractivity contribution >= 4 is 5.78 Å². The molecular formula is C8H11NO3. The van der Waals surface area contributed by atoms with Gasteiger partial charge >= 0.3 is 0 Å². The minimum atomic E-state index is -0.631. The SMILES string of the molecule is CC1CC(C(=O)C#N)OCC1O. The van der Waals surface area contributed by atoms with E-state index >= 15 is 0 Å². The maximum Gasteiger partial charge on any atom is 0.260 e. The maximum absolute atomic E-state index is 10.9. The standard InChI is InChI=1S/C8H11NO3/c1-5-2-8(6(10)3-9)12-4-7(5)11/h5,7-8,11H,2,4H2,1H3. The molecule has 3 atom stereocenters. The first-order valence-electron chi connectivity index (χ1n) is 3.88. The first kappa shape index (κ1) is 9.17. The van der Waals surface area contributed by atoms with Crippen molar-refractivity contribution < 1.29 is 14.6 Å². The minimum absolute atomic E-state index is 0.0287. The summed E-state index contributed by atoms with van der Waals surface area (Å²) >= 11 is 0. The van der Waals surface area contributed by atoms with Crippen LogP contribution in [0.2, 0.25) is 0 Å². The zero-order valence-corrected chi connectivity index (χ0v) is 6.86. The van der Waals surface area contributed by atoms with E-state index in [2.05, 4.69) is 0 Å². The Hall–Kier alpha value is -0.920. The topological polar surface area (TPSA) is 70.3 Å². The molecule has 0 aromatic rings. The number of carbonyl (C=O) groups excluding carboxylic acids is 1. The van der Waals surface area contributed by atoms with Gasteiger partial charge in [-0.15, -0.1) is 0 Å². The molecule has 0 aliphatic carbocycles. The lowest BCUT2D eigenvalue weighted by Crippen LogP contribution is -2.39. The van der Waals surface area contributed by atoms with Gasteiger partial charge < -0.3 is 9.84 Å². The normalized spacial score (nSPS) is 35.6. The van der Waals surface area contributed by atoms with Crippen LogP contribution < -0.4 is 0 Å². The molecule has 1 rings (SSSR count). The van der Waals surface area contributed by atoms with Gasteiger partial charge in [0, 0.05) is 0 Å². The zero-order valence-electron chi connectivity index (χ0n) is 6.86. The lowest BCUT2D eigenvalue weighted by Gasteiger charge is -2.29. The molecule has 1 fully saturated rings. The van der Waals surface area contributed by atoms with Crippen molar-refractivity contribution in [1.82, 2.24) is 0 Å². The number of nitriles is 1. The van der Waals surface area contributed by atoms with Gasteiger partial charge in [0.25, 0.3) is 5.78 Å². The molecule has 4 heteroatoms. The molecule has 0 radical (unpaired) electrons. The molecule has 1 aliphatic heterocycles. The molecule has 0 amide bonds. The first-order chi connectivity index (χ1) is 5.65. The van der Waals surface area contributed by atoms with E-state index in [9.17, 15) is 9.90 Å². The van der Waals surface area contributed by atoms with Crippen molar-refractivity contribution in [3.63, 3.8) is 0 Å². The van der Waals surface area contributed by atoms with E-state index in [4.69, 9.17) is 10.00 Å².